The van der Waals surface area contributed by atoms with Gasteiger partial charge in [0.2, 0.25) is 0 Å². The lowest BCUT2D eigenvalue weighted by Crippen LogP contribution is -2.18. The molecule has 0 amide bonds. The first-order chi connectivity index (χ1) is 8.91. The van der Waals surface area contributed by atoms with Gasteiger partial charge in [-0.3, -0.25) is 0 Å². The van der Waals surface area contributed by atoms with Crippen LogP contribution in [-0.2, 0) is 4.79 Å². The van der Waals surface area contributed by atoms with Crippen molar-refractivity contribution in [2.45, 2.75) is 33.7 Å². The number of carbonyl (C=O) groups is 1. The van der Waals surface area contributed by atoms with Gasteiger partial charge in [0.05, 0.1) is 0 Å². The monoisotopic (exact) mass is 260 g/mol. The second-order valence-electron chi connectivity index (χ2n) is 4.73. The third kappa shape index (κ3) is 2.33. The maximum Gasteiger partial charge on any atom is 0.328 e. The van der Waals surface area contributed by atoms with Crippen LogP contribution >= 0.6 is 0 Å². The van der Waals surface area contributed by atoms with Crippen molar-refractivity contribution in [1.29, 1.82) is 0 Å². The molecule has 2 aromatic rings. The van der Waals surface area contributed by atoms with Crippen LogP contribution in [-0.4, -0.2) is 31.3 Å². The van der Waals surface area contributed by atoms with Crippen LogP contribution in [0.4, 0.5) is 0 Å². The van der Waals surface area contributed by atoms with E-state index < -0.39 is 12.0 Å². The molecule has 0 spiro atoms. The van der Waals surface area contributed by atoms with Crippen molar-refractivity contribution in [2.24, 2.45) is 0 Å². The number of hydrogen-bond donors (Lipinski definition) is 1. The van der Waals surface area contributed by atoms with Gasteiger partial charge < -0.3 is 5.11 Å². The van der Waals surface area contributed by atoms with Gasteiger partial charge >= 0.3 is 5.97 Å². The molecular formula is C13H16N4O2. The average molecular weight is 260 g/mol. The summed E-state index contributed by atoms with van der Waals surface area (Å²) in [6, 6.07) is 3.27. The summed E-state index contributed by atoms with van der Waals surface area (Å²) >= 11 is 0. The fourth-order valence-electron chi connectivity index (χ4n) is 2.26. The lowest BCUT2D eigenvalue weighted by molar-refractivity contribution is -0.140. The molecule has 6 heteroatoms. The summed E-state index contributed by atoms with van der Waals surface area (Å²) in [6.07, 6.45) is 0. The summed E-state index contributed by atoms with van der Waals surface area (Å²) in [7, 11) is 0. The highest BCUT2D eigenvalue weighted by Crippen LogP contribution is 2.27. The van der Waals surface area contributed by atoms with E-state index in [4.69, 9.17) is 5.11 Å². The molecule has 100 valence electrons. The molecule has 1 N–H and O–H groups in total. The Kier molecular flexibility index (Phi) is 3.33. The Balaban J connectivity index is 2.61. The van der Waals surface area contributed by atoms with Gasteiger partial charge in [0.15, 0.2) is 11.9 Å². The second-order valence-corrected chi connectivity index (χ2v) is 4.73. The predicted octanol–water partition coefficient (Wildman–Crippen LogP) is 1.91. The molecule has 1 atom stereocenters. The minimum atomic E-state index is -0.962. The molecule has 0 bridgehead atoms. The van der Waals surface area contributed by atoms with Crippen LogP contribution in [0.2, 0.25) is 0 Å². The molecule has 1 heterocycles. The van der Waals surface area contributed by atoms with Gasteiger partial charge in [-0.2, -0.15) is 0 Å². The first-order valence-corrected chi connectivity index (χ1v) is 6.00. The molecule has 1 aromatic heterocycles. The maximum absolute atomic E-state index is 11.1. The van der Waals surface area contributed by atoms with E-state index in [9.17, 15) is 4.79 Å². The summed E-state index contributed by atoms with van der Waals surface area (Å²) in [5.41, 5.74) is 4.12. The Bertz CT molecular complexity index is 610. The summed E-state index contributed by atoms with van der Waals surface area (Å²) in [4.78, 5) is 11.1. The van der Waals surface area contributed by atoms with Crippen LogP contribution in [0.5, 0.6) is 0 Å². The number of aliphatic carboxylic acids is 1. The standard InChI is InChI=1S/C13H16N4O2/c1-7-5-8(2)11(9(3)6-7)12-14-15-16-17(12)10(4)13(18)19/h5-6,10H,1-4H3,(H,18,19). The Morgan fingerprint density at radius 2 is 1.84 bits per heavy atom. The number of nitrogens with zero attached hydrogens (tertiary/aromatic N) is 4. The van der Waals surface area contributed by atoms with Gasteiger partial charge in [-0.05, 0) is 49.2 Å². The number of carboxylic acid groups (broad SMARTS) is 1. The topological polar surface area (TPSA) is 80.9 Å². The van der Waals surface area contributed by atoms with E-state index in [1.165, 1.54) is 4.68 Å². The molecule has 1 unspecified atom stereocenters. The quantitative estimate of drug-likeness (QED) is 0.911. The zero-order valence-corrected chi connectivity index (χ0v) is 11.4. The second kappa shape index (κ2) is 4.79. The molecular weight excluding hydrogens is 244 g/mol. The smallest absolute Gasteiger partial charge is 0.328 e. The molecule has 0 saturated carbocycles. The third-order valence-electron chi connectivity index (χ3n) is 3.12. The first-order valence-electron chi connectivity index (χ1n) is 6.00. The normalized spacial score (nSPS) is 12.4. The highest BCUT2D eigenvalue weighted by Gasteiger charge is 2.22. The van der Waals surface area contributed by atoms with Gasteiger partial charge in [-0.1, -0.05) is 17.7 Å². The molecule has 0 aliphatic rings. The number of benzene rings is 1. The van der Waals surface area contributed by atoms with Crippen LogP contribution in [0.15, 0.2) is 12.1 Å². The van der Waals surface area contributed by atoms with E-state index in [0.29, 0.717) is 5.82 Å². The third-order valence-corrected chi connectivity index (χ3v) is 3.12. The number of rotatable bonds is 3. The van der Waals surface area contributed by atoms with E-state index in [-0.39, 0.29) is 0 Å². The van der Waals surface area contributed by atoms with Crippen molar-refractivity contribution in [3.8, 4) is 11.4 Å². The van der Waals surface area contributed by atoms with Crippen molar-refractivity contribution < 1.29 is 9.90 Å². The molecule has 1 aromatic carbocycles. The van der Waals surface area contributed by atoms with Crippen molar-refractivity contribution in [1.82, 2.24) is 20.2 Å². The van der Waals surface area contributed by atoms with E-state index in [0.717, 1.165) is 22.3 Å². The van der Waals surface area contributed by atoms with Gasteiger partial charge in [0.25, 0.3) is 0 Å². The average Bonchev–Trinajstić information content (AvgIpc) is 2.75. The van der Waals surface area contributed by atoms with Crippen LogP contribution in [0.25, 0.3) is 11.4 Å². The largest absolute Gasteiger partial charge is 0.480 e. The van der Waals surface area contributed by atoms with Crippen molar-refractivity contribution in [3.05, 3.63) is 28.8 Å². The number of aromatic nitrogens is 4. The van der Waals surface area contributed by atoms with Gasteiger partial charge in [-0.25, -0.2) is 9.48 Å². The first kappa shape index (κ1) is 13.2. The Morgan fingerprint density at radius 1 is 1.26 bits per heavy atom. The number of tetrazole rings is 1. The maximum atomic E-state index is 11.1. The molecule has 0 aliphatic carbocycles. The van der Waals surface area contributed by atoms with E-state index >= 15 is 0 Å². The Labute approximate surface area is 111 Å². The highest BCUT2D eigenvalue weighted by atomic mass is 16.4. The molecule has 2 rings (SSSR count). The van der Waals surface area contributed by atoms with Gasteiger partial charge in [0, 0.05) is 5.56 Å². The Hall–Kier alpha value is -2.24. The van der Waals surface area contributed by atoms with E-state index in [2.05, 4.69) is 15.5 Å². The minimum Gasteiger partial charge on any atom is -0.480 e. The molecule has 0 saturated heterocycles. The molecule has 0 radical (unpaired) electrons. The van der Waals surface area contributed by atoms with Crippen LogP contribution in [0.3, 0.4) is 0 Å². The SMILES string of the molecule is Cc1cc(C)c(-c2nnnn2C(C)C(=O)O)c(C)c1. The summed E-state index contributed by atoms with van der Waals surface area (Å²) < 4.78 is 1.34. The lowest BCUT2D eigenvalue weighted by atomic mass is 9.99. The highest BCUT2D eigenvalue weighted by molar-refractivity contribution is 5.73. The number of hydrogen-bond acceptors (Lipinski definition) is 4. The fourth-order valence-corrected chi connectivity index (χ4v) is 2.26. The van der Waals surface area contributed by atoms with Gasteiger partial charge in [-0.15, -0.1) is 5.10 Å². The molecule has 6 nitrogen and oxygen atoms in total. The van der Waals surface area contributed by atoms with E-state index in [1.54, 1.807) is 6.92 Å². The number of aryl methyl sites for hydroxylation is 3. The summed E-state index contributed by atoms with van der Waals surface area (Å²) in [5, 5.41) is 20.5. The van der Waals surface area contributed by atoms with Crippen LogP contribution in [0.1, 0.15) is 29.7 Å². The van der Waals surface area contributed by atoms with Crippen molar-refractivity contribution in [3.63, 3.8) is 0 Å². The van der Waals surface area contributed by atoms with E-state index in [1.807, 2.05) is 32.9 Å². The van der Waals surface area contributed by atoms with Crippen LogP contribution < -0.4 is 0 Å². The predicted molar refractivity (Wildman–Crippen MR) is 69.8 cm³/mol. The zero-order valence-electron chi connectivity index (χ0n) is 11.4. The van der Waals surface area contributed by atoms with Gasteiger partial charge in [0.1, 0.15) is 0 Å². The van der Waals surface area contributed by atoms with Crippen molar-refractivity contribution in [2.75, 3.05) is 0 Å². The lowest BCUT2D eigenvalue weighted by Gasteiger charge is -2.13. The molecule has 0 aliphatic heterocycles. The molecule has 0 fully saturated rings. The minimum absolute atomic E-state index is 0.491. The summed E-state index contributed by atoms with van der Waals surface area (Å²) in [5.74, 6) is -0.471. The fraction of sp³-hybridized carbons (Fsp3) is 0.385. The zero-order chi connectivity index (χ0) is 14.2. The Morgan fingerprint density at radius 3 is 2.37 bits per heavy atom. The summed E-state index contributed by atoms with van der Waals surface area (Å²) in [6.45, 7) is 7.52. The molecule has 19 heavy (non-hydrogen) atoms. The van der Waals surface area contributed by atoms with Crippen LogP contribution in [0, 0.1) is 20.8 Å². The van der Waals surface area contributed by atoms with Crippen molar-refractivity contribution >= 4 is 5.97 Å². The number of carboxylic acids is 1.